The van der Waals surface area contributed by atoms with Crippen LogP contribution in [0.25, 0.3) is 28.5 Å². The zero-order valence-electron chi connectivity index (χ0n) is 18.6. The molecule has 3 aromatic carbocycles. The summed E-state index contributed by atoms with van der Waals surface area (Å²) in [4.78, 5) is 15.6. The maximum absolute atomic E-state index is 11.1. The average Bonchev–Trinajstić information content (AvgIpc) is 3.31. The molecule has 1 fully saturated rings. The molecule has 8 nitrogen and oxygen atoms in total. The highest BCUT2D eigenvalue weighted by Gasteiger charge is 2.19. The molecule has 4 aromatic rings. The lowest BCUT2D eigenvalue weighted by Gasteiger charge is -2.08. The van der Waals surface area contributed by atoms with Crippen molar-refractivity contribution < 1.29 is 20.1 Å². The number of carboxylic acids is 1. The predicted molar refractivity (Wildman–Crippen MR) is 129 cm³/mol. The number of rotatable bonds is 4. The largest absolute Gasteiger partial charge is 0.507 e. The molecule has 1 saturated heterocycles. The van der Waals surface area contributed by atoms with Gasteiger partial charge in [-0.3, -0.25) is 0 Å². The Hall–Kier alpha value is -4.17. The molecule has 0 aliphatic carbocycles. The van der Waals surface area contributed by atoms with Crippen molar-refractivity contribution in [1.29, 1.82) is 0 Å². The second kappa shape index (κ2) is 10.6. The van der Waals surface area contributed by atoms with Crippen LogP contribution >= 0.6 is 0 Å². The fourth-order valence-corrected chi connectivity index (χ4v) is 3.65. The van der Waals surface area contributed by atoms with Crippen LogP contribution in [0.4, 0.5) is 0 Å². The van der Waals surface area contributed by atoms with Crippen LogP contribution in [0, 0.1) is 0 Å². The molecule has 0 spiro atoms. The number of carboxylic acid groups (broad SMARTS) is 1. The summed E-state index contributed by atoms with van der Waals surface area (Å²) in [7, 11) is 0. The molecule has 1 aliphatic heterocycles. The van der Waals surface area contributed by atoms with E-state index in [2.05, 4.69) is 15.4 Å². The minimum Gasteiger partial charge on any atom is -0.507 e. The van der Waals surface area contributed by atoms with Gasteiger partial charge in [-0.1, -0.05) is 30.7 Å². The fourth-order valence-electron chi connectivity index (χ4n) is 3.65. The van der Waals surface area contributed by atoms with Gasteiger partial charge in [-0.15, -0.1) is 5.10 Å². The highest BCUT2D eigenvalue weighted by atomic mass is 16.4. The Labute approximate surface area is 197 Å². The lowest BCUT2D eigenvalue weighted by molar-refractivity contribution is 0.0697. The van der Waals surface area contributed by atoms with Crippen molar-refractivity contribution in [2.45, 2.75) is 19.3 Å². The van der Waals surface area contributed by atoms with E-state index in [1.54, 1.807) is 54.6 Å². The molecule has 0 radical (unpaired) electrons. The number of carbonyl (C=O) groups is 1. The number of nitrogens with zero attached hydrogens (tertiary/aromatic N) is 3. The van der Waals surface area contributed by atoms with Crippen LogP contribution < -0.4 is 5.32 Å². The molecule has 0 unspecified atom stereocenters. The topological polar surface area (TPSA) is 121 Å². The van der Waals surface area contributed by atoms with Crippen LogP contribution in [0.1, 0.15) is 29.6 Å². The summed E-state index contributed by atoms with van der Waals surface area (Å²) in [5, 5.41) is 37.3. The minimum absolute atomic E-state index is 0.0298. The van der Waals surface area contributed by atoms with E-state index in [0.29, 0.717) is 22.6 Å². The lowest BCUT2D eigenvalue weighted by atomic mass is 10.1. The van der Waals surface area contributed by atoms with Crippen LogP contribution in [0.5, 0.6) is 11.5 Å². The number of hydrogen-bond donors (Lipinski definition) is 4. The maximum Gasteiger partial charge on any atom is 0.335 e. The molecule has 0 bridgehead atoms. The molecule has 174 valence electrons. The van der Waals surface area contributed by atoms with E-state index in [1.165, 1.54) is 55.2 Å². The first-order chi connectivity index (χ1) is 16.5. The number of phenols is 2. The number of aromatic nitrogens is 3. The Balaban J connectivity index is 0.000000398. The number of benzene rings is 3. The number of nitrogens with one attached hydrogen (secondary N) is 1. The molecule has 1 aliphatic rings. The normalized spacial score (nSPS) is 13.1. The summed E-state index contributed by atoms with van der Waals surface area (Å²) in [6.07, 6.45) is 4.22. The van der Waals surface area contributed by atoms with Gasteiger partial charge in [0.15, 0.2) is 11.6 Å². The lowest BCUT2D eigenvalue weighted by Crippen LogP contribution is -2.21. The Bertz CT molecular complexity index is 1250. The number of piperidine rings is 1. The SMILES string of the molecule is C1CCNCC1.O=C(O)c1ccc(-n2nc(-c3ccccc3O)nc2-c2ccccc2O)cc1. The quantitative estimate of drug-likeness (QED) is 0.356. The van der Waals surface area contributed by atoms with Crippen LogP contribution in [0.2, 0.25) is 0 Å². The van der Waals surface area contributed by atoms with Gasteiger partial charge in [0.1, 0.15) is 11.5 Å². The molecule has 5 rings (SSSR count). The van der Waals surface area contributed by atoms with Gasteiger partial charge < -0.3 is 20.6 Å². The third-order valence-corrected chi connectivity index (χ3v) is 5.46. The second-order valence-electron chi connectivity index (χ2n) is 7.87. The van der Waals surface area contributed by atoms with E-state index in [0.717, 1.165) is 0 Å². The van der Waals surface area contributed by atoms with Gasteiger partial charge in [0.25, 0.3) is 0 Å². The van der Waals surface area contributed by atoms with E-state index in [-0.39, 0.29) is 22.9 Å². The third-order valence-electron chi connectivity index (χ3n) is 5.46. The molecule has 1 aromatic heterocycles. The van der Waals surface area contributed by atoms with Crippen LogP contribution in [0.3, 0.4) is 0 Å². The fraction of sp³-hybridized carbons (Fsp3) is 0.192. The van der Waals surface area contributed by atoms with E-state index in [1.807, 2.05) is 0 Å². The highest BCUT2D eigenvalue weighted by Crippen LogP contribution is 2.33. The summed E-state index contributed by atoms with van der Waals surface area (Å²) in [6.45, 7) is 2.50. The van der Waals surface area contributed by atoms with Crippen molar-refractivity contribution >= 4 is 5.97 Å². The Morgan fingerprint density at radius 2 is 1.38 bits per heavy atom. The van der Waals surface area contributed by atoms with Gasteiger partial charge in [0.2, 0.25) is 0 Å². The summed E-state index contributed by atoms with van der Waals surface area (Å²) in [5.74, 6) is -0.328. The predicted octanol–water partition coefficient (Wildman–Crippen LogP) is 4.47. The number of aromatic carboxylic acids is 1. The zero-order chi connectivity index (χ0) is 23.9. The van der Waals surface area contributed by atoms with Crippen molar-refractivity contribution in [2.24, 2.45) is 0 Å². The van der Waals surface area contributed by atoms with Gasteiger partial charge in [0, 0.05) is 0 Å². The molecule has 0 saturated carbocycles. The second-order valence-corrected chi connectivity index (χ2v) is 7.87. The zero-order valence-corrected chi connectivity index (χ0v) is 18.6. The molecule has 8 heteroatoms. The van der Waals surface area contributed by atoms with E-state index >= 15 is 0 Å². The van der Waals surface area contributed by atoms with Crippen LogP contribution in [-0.2, 0) is 0 Å². The van der Waals surface area contributed by atoms with Crippen molar-refractivity contribution in [3.63, 3.8) is 0 Å². The van der Waals surface area contributed by atoms with Gasteiger partial charge in [0.05, 0.1) is 22.4 Å². The number of hydrogen-bond acceptors (Lipinski definition) is 6. The monoisotopic (exact) mass is 458 g/mol. The van der Waals surface area contributed by atoms with E-state index in [4.69, 9.17) is 5.11 Å². The van der Waals surface area contributed by atoms with Gasteiger partial charge in [-0.2, -0.15) is 0 Å². The standard InChI is InChI=1S/C21H15N3O4.C5H11N/c25-17-7-3-1-5-15(17)19-22-20(16-6-2-4-8-18(16)26)24(23-19)14-11-9-13(10-12-14)21(27)28;1-2-4-6-5-3-1/h1-12,25-26H,(H,27,28);6H,1-5H2. The Kier molecular flexibility index (Phi) is 7.19. The number of para-hydroxylation sites is 2. The van der Waals surface area contributed by atoms with Crippen molar-refractivity contribution in [3.05, 3.63) is 78.4 Å². The molecule has 0 atom stereocenters. The van der Waals surface area contributed by atoms with Crippen molar-refractivity contribution in [2.75, 3.05) is 13.1 Å². The Morgan fingerprint density at radius 3 is 1.88 bits per heavy atom. The van der Waals surface area contributed by atoms with Crippen LogP contribution in [-0.4, -0.2) is 49.1 Å². The minimum atomic E-state index is -1.03. The molecule has 2 heterocycles. The molecule has 0 amide bonds. The molecule has 34 heavy (non-hydrogen) atoms. The Morgan fingerprint density at radius 1 is 0.794 bits per heavy atom. The third kappa shape index (κ3) is 5.24. The van der Waals surface area contributed by atoms with Crippen molar-refractivity contribution in [3.8, 4) is 40.0 Å². The average molecular weight is 459 g/mol. The first-order valence-electron chi connectivity index (χ1n) is 11.1. The molecule has 4 N–H and O–H groups in total. The summed E-state index contributed by atoms with van der Waals surface area (Å²) < 4.78 is 1.50. The molecular formula is C26H26N4O4. The van der Waals surface area contributed by atoms with Crippen LogP contribution in [0.15, 0.2) is 72.8 Å². The van der Waals surface area contributed by atoms with Crippen molar-refractivity contribution in [1.82, 2.24) is 20.1 Å². The summed E-state index contributed by atoms with van der Waals surface area (Å²) in [5.41, 5.74) is 1.62. The number of aromatic hydroxyl groups is 2. The first-order valence-corrected chi connectivity index (χ1v) is 11.1. The first kappa shape index (κ1) is 23.0. The van der Waals surface area contributed by atoms with E-state index < -0.39 is 5.97 Å². The maximum atomic E-state index is 11.1. The van der Waals surface area contributed by atoms with Gasteiger partial charge >= 0.3 is 5.97 Å². The highest BCUT2D eigenvalue weighted by molar-refractivity contribution is 5.87. The van der Waals surface area contributed by atoms with Gasteiger partial charge in [-0.25, -0.2) is 14.5 Å². The van der Waals surface area contributed by atoms with Gasteiger partial charge in [-0.05, 0) is 74.5 Å². The summed E-state index contributed by atoms with van der Waals surface area (Å²) in [6, 6.07) is 19.5. The summed E-state index contributed by atoms with van der Waals surface area (Å²) >= 11 is 0. The van der Waals surface area contributed by atoms with E-state index in [9.17, 15) is 15.0 Å². The smallest absolute Gasteiger partial charge is 0.335 e. The number of phenolic OH excluding ortho intramolecular Hbond substituents is 2. The molecular weight excluding hydrogens is 432 g/mol.